The van der Waals surface area contributed by atoms with Crippen LogP contribution in [0.2, 0.25) is 0 Å². The third-order valence-corrected chi connectivity index (χ3v) is 10.5. The molecular weight excluding hydrogens is 617 g/mol. The van der Waals surface area contributed by atoms with E-state index >= 15 is 0 Å². The third kappa shape index (κ3) is 4.16. The zero-order valence-electron chi connectivity index (χ0n) is 32.3. The standard InChI is InChI=1S/C50H30O/c1-2-12-31(13-3-1)34-25-28-42-44(30-34)48(43-22-11-23-45-50(43)49-36-17-7-5-15-33(36)26-29-46(49)51-45)41-19-9-8-18-40(41)47(42)39-21-10-20-37-35-16-6-4-14-32(35)24-27-38(37)39/h1-30H/i1D,2D,3D,12D,13D. The van der Waals surface area contributed by atoms with Crippen molar-refractivity contribution in [2.45, 2.75) is 0 Å². The summed E-state index contributed by atoms with van der Waals surface area (Å²) in [7, 11) is 0. The molecule has 0 atom stereocenters. The largest absolute Gasteiger partial charge is 0.456 e. The maximum atomic E-state index is 8.93. The number of rotatable bonds is 3. The Morgan fingerprint density at radius 2 is 0.941 bits per heavy atom. The van der Waals surface area contributed by atoms with Gasteiger partial charge in [0.1, 0.15) is 11.2 Å². The first-order valence-electron chi connectivity index (χ1n) is 19.7. The Kier molecular flexibility index (Phi) is 5.05. The molecule has 11 aromatic rings. The first-order chi connectivity index (χ1) is 27.4. The van der Waals surface area contributed by atoms with Crippen molar-refractivity contribution in [3.05, 3.63) is 182 Å². The molecule has 0 N–H and O–H groups in total. The lowest BCUT2D eigenvalue weighted by molar-refractivity contribution is 0.669. The van der Waals surface area contributed by atoms with E-state index in [1.54, 1.807) is 0 Å². The molecule has 0 fully saturated rings. The van der Waals surface area contributed by atoms with Gasteiger partial charge in [-0.3, -0.25) is 0 Å². The molecule has 51 heavy (non-hydrogen) atoms. The Balaban J connectivity index is 1.34. The van der Waals surface area contributed by atoms with Crippen molar-refractivity contribution in [1.29, 1.82) is 0 Å². The summed E-state index contributed by atoms with van der Waals surface area (Å²) in [6.07, 6.45) is 0. The van der Waals surface area contributed by atoms with Gasteiger partial charge in [-0.05, 0) is 105 Å². The lowest BCUT2D eigenvalue weighted by Gasteiger charge is -2.20. The van der Waals surface area contributed by atoms with Crippen LogP contribution in [0.5, 0.6) is 0 Å². The molecule has 0 bridgehead atoms. The molecule has 0 aliphatic rings. The van der Waals surface area contributed by atoms with Crippen LogP contribution >= 0.6 is 0 Å². The van der Waals surface area contributed by atoms with Crippen molar-refractivity contribution in [1.82, 2.24) is 0 Å². The highest BCUT2D eigenvalue weighted by Gasteiger charge is 2.22. The Bertz CT molecular complexity index is 3460. The predicted octanol–water partition coefficient (Wildman–Crippen LogP) is 14.4. The second kappa shape index (κ2) is 10.9. The molecule has 10 aromatic carbocycles. The molecule has 0 unspecified atom stereocenters. The van der Waals surface area contributed by atoms with E-state index in [-0.39, 0.29) is 29.7 Å². The molecule has 0 saturated carbocycles. The molecule has 1 aromatic heterocycles. The van der Waals surface area contributed by atoms with E-state index in [1.165, 1.54) is 16.2 Å². The van der Waals surface area contributed by atoms with E-state index < -0.39 is 6.04 Å². The van der Waals surface area contributed by atoms with Gasteiger partial charge in [-0.2, -0.15) is 0 Å². The number of fused-ring (bicyclic) bond motifs is 10. The van der Waals surface area contributed by atoms with E-state index in [0.717, 1.165) is 81.9 Å². The quantitative estimate of drug-likeness (QED) is 0.137. The van der Waals surface area contributed by atoms with Gasteiger partial charge >= 0.3 is 0 Å². The molecule has 0 amide bonds. The van der Waals surface area contributed by atoms with Gasteiger partial charge in [-0.15, -0.1) is 0 Å². The average molecular weight is 652 g/mol. The van der Waals surface area contributed by atoms with Gasteiger partial charge in [-0.1, -0.05) is 164 Å². The summed E-state index contributed by atoms with van der Waals surface area (Å²) in [5.41, 5.74) is 6.45. The van der Waals surface area contributed by atoms with Crippen molar-refractivity contribution in [3.8, 4) is 33.4 Å². The minimum Gasteiger partial charge on any atom is -0.456 e. The lowest BCUT2D eigenvalue weighted by atomic mass is 9.82. The fraction of sp³-hybridized carbons (Fsp3) is 0. The highest BCUT2D eigenvalue weighted by Crippen LogP contribution is 2.49. The number of furan rings is 1. The predicted molar refractivity (Wildman–Crippen MR) is 218 cm³/mol. The maximum absolute atomic E-state index is 8.93. The monoisotopic (exact) mass is 651 g/mol. The molecule has 0 spiro atoms. The van der Waals surface area contributed by atoms with Crippen LogP contribution in [0.1, 0.15) is 6.85 Å². The van der Waals surface area contributed by atoms with E-state index in [2.05, 4.69) is 115 Å². The summed E-state index contributed by atoms with van der Waals surface area (Å²) in [5.74, 6) is 0. The summed E-state index contributed by atoms with van der Waals surface area (Å²) in [4.78, 5) is 0. The van der Waals surface area contributed by atoms with Gasteiger partial charge in [0.15, 0.2) is 0 Å². The molecule has 0 aliphatic carbocycles. The fourth-order valence-electron chi connectivity index (χ4n) is 8.36. The summed E-state index contributed by atoms with van der Waals surface area (Å²) in [5, 5.41) is 12.9. The van der Waals surface area contributed by atoms with Gasteiger partial charge in [0.05, 0.1) is 6.85 Å². The topological polar surface area (TPSA) is 13.1 Å². The zero-order valence-corrected chi connectivity index (χ0v) is 27.3. The number of hydrogen-bond donors (Lipinski definition) is 0. The second-order valence-corrected chi connectivity index (χ2v) is 13.2. The van der Waals surface area contributed by atoms with Crippen LogP contribution in [0.25, 0.3) is 109 Å². The summed E-state index contributed by atoms with van der Waals surface area (Å²) in [6, 6.07) is 51.0. The molecule has 11 rings (SSSR count). The average Bonchev–Trinajstić information content (AvgIpc) is 3.64. The molecular formula is C50H30O. The van der Waals surface area contributed by atoms with E-state index in [9.17, 15) is 0 Å². The van der Waals surface area contributed by atoms with Gasteiger partial charge in [0, 0.05) is 10.8 Å². The summed E-state index contributed by atoms with van der Waals surface area (Å²) >= 11 is 0. The van der Waals surface area contributed by atoms with E-state index in [4.69, 9.17) is 11.3 Å². The lowest BCUT2D eigenvalue weighted by Crippen LogP contribution is -1.93. The Morgan fingerprint density at radius 1 is 0.353 bits per heavy atom. The van der Waals surface area contributed by atoms with Gasteiger partial charge in [-0.25, -0.2) is 0 Å². The normalized spacial score (nSPS) is 13.3. The SMILES string of the molecule is [2H]c1c([2H])c([2H])c(-c2ccc3c(-c4cccc5c4ccc4ccccc45)c4ccccc4c(-c4cccc5oc6ccc7ccccc7c6c45)c3c2)c([2H])c1[2H]. The Labute approximate surface area is 301 Å². The fourth-order valence-corrected chi connectivity index (χ4v) is 8.36. The first-order valence-corrected chi connectivity index (χ1v) is 17.2. The van der Waals surface area contributed by atoms with Crippen LogP contribution in [0, 0.1) is 0 Å². The minimum absolute atomic E-state index is 0.174. The molecule has 236 valence electrons. The third-order valence-electron chi connectivity index (χ3n) is 10.5. The molecule has 0 radical (unpaired) electrons. The highest BCUT2D eigenvalue weighted by atomic mass is 16.3. The number of benzene rings is 10. The molecule has 1 heterocycles. The molecule has 1 nitrogen and oxygen atoms in total. The number of hydrogen-bond acceptors (Lipinski definition) is 1. The smallest absolute Gasteiger partial charge is 0.136 e. The molecule has 0 aliphatic heterocycles. The second-order valence-electron chi connectivity index (χ2n) is 13.2. The van der Waals surface area contributed by atoms with Crippen molar-refractivity contribution in [3.63, 3.8) is 0 Å². The summed E-state index contributed by atoms with van der Waals surface area (Å²) < 4.78 is 49.7. The molecule has 0 saturated heterocycles. The highest BCUT2D eigenvalue weighted by molar-refractivity contribution is 6.30. The minimum atomic E-state index is -0.410. The van der Waals surface area contributed by atoms with Crippen LogP contribution in [0.4, 0.5) is 0 Å². The first kappa shape index (κ1) is 23.6. The van der Waals surface area contributed by atoms with Gasteiger partial charge in [0.25, 0.3) is 0 Å². The van der Waals surface area contributed by atoms with Crippen molar-refractivity contribution < 1.29 is 11.3 Å². The van der Waals surface area contributed by atoms with Crippen molar-refractivity contribution in [2.75, 3.05) is 0 Å². The maximum Gasteiger partial charge on any atom is 0.136 e. The van der Waals surface area contributed by atoms with Gasteiger partial charge < -0.3 is 4.42 Å². The Morgan fingerprint density at radius 3 is 1.76 bits per heavy atom. The Hall–Kier alpha value is -6.70. The van der Waals surface area contributed by atoms with Crippen LogP contribution < -0.4 is 0 Å². The van der Waals surface area contributed by atoms with Crippen LogP contribution in [-0.2, 0) is 0 Å². The van der Waals surface area contributed by atoms with E-state index in [0.29, 0.717) is 5.56 Å². The van der Waals surface area contributed by atoms with Crippen LogP contribution in [0.3, 0.4) is 0 Å². The zero-order chi connectivity index (χ0) is 37.8. The van der Waals surface area contributed by atoms with Crippen LogP contribution in [0.15, 0.2) is 186 Å². The summed E-state index contributed by atoms with van der Waals surface area (Å²) in [6.45, 7) is 0. The van der Waals surface area contributed by atoms with Gasteiger partial charge in [0.2, 0.25) is 0 Å². The molecule has 1 heteroatoms. The van der Waals surface area contributed by atoms with Crippen molar-refractivity contribution >= 4 is 75.8 Å². The van der Waals surface area contributed by atoms with Crippen molar-refractivity contribution in [2.24, 2.45) is 0 Å². The van der Waals surface area contributed by atoms with Crippen LogP contribution in [-0.4, -0.2) is 0 Å². The van der Waals surface area contributed by atoms with E-state index in [1.807, 2.05) is 36.4 Å².